The fourth-order valence-electron chi connectivity index (χ4n) is 3.13. The summed E-state index contributed by atoms with van der Waals surface area (Å²) in [5.74, 6) is 0.793. The SMILES string of the molecule is CCC1NNC(CN2CC(CO)c3c(Cl)nc(N)nc32)=C1C. The molecule has 2 unspecified atom stereocenters. The standard InChI is InChI=1S/C14H21ClN6O/c1-3-9-7(2)10(20-19-9)5-21-4-8(6-22)11-12(15)17-14(16)18-13(11)21/h8-9,19-20,22H,3-6H2,1-2H3,(H2,16,17,18). The summed E-state index contributed by atoms with van der Waals surface area (Å²) in [7, 11) is 0. The van der Waals surface area contributed by atoms with Crippen molar-refractivity contribution in [1.29, 1.82) is 0 Å². The molecule has 2 aliphatic rings. The van der Waals surface area contributed by atoms with Crippen molar-refractivity contribution in [3.05, 3.63) is 22.0 Å². The van der Waals surface area contributed by atoms with E-state index < -0.39 is 0 Å². The highest BCUT2D eigenvalue weighted by molar-refractivity contribution is 6.30. The molecule has 0 spiro atoms. The van der Waals surface area contributed by atoms with Gasteiger partial charge in [0.15, 0.2) is 0 Å². The number of fused-ring (bicyclic) bond motifs is 1. The zero-order chi connectivity index (χ0) is 15.9. The quantitative estimate of drug-likeness (QED) is 0.607. The number of hydrogen-bond acceptors (Lipinski definition) is 7. The van der Waals surface area contributed by atoms with Gasteiger partial charge >= 0.3 is 0 Å². The van der Waals surface area contributed by atoms with Crippen molar-refractivity contribution >= 4 is 23.4 Å². The minimum absolute atomic E-state index is 0.0117. The van der Waals surface area contributed by atoms with Gasteiger partial charge in [0.25, 0.3) is 0 Å². The molecule has 22 heavy (non-hydrogen) atoms. The summed E-state index contributed by atoms with van der Waals surface area (Å²) in [6.45, 7) is 5.60. The maximum atomic E-state index is 9.61. The van der Waals surface area contributed by atoms with E-state index in [4.69, 9.17) is 17.3 Å². The van der Waals surface area contributed by atoms with Gasteiger partial charge in [-0.25, -0.2) is 10.4 Å². The summed E-state index contributed by atoms with van der Waals surface area (Å²) in [6, 6.07) is 0.352. The summed E-state index contributed by atoms with van der Waals surface area (Å²) in [5.41, 5.74) is 15.4. The molecule has 0 aromatic carbocycles. The smallest absolute Gasteiger partial charge is 0.223 e. The number of hydrazine groups is 1. The molecule has 2 aliphatic heterocycles. The van der Waals surface area contributed by atoms with Crippen molar-refractivity contribution in [2.45, 2.75) is 32.2 Å². The third kappa shape index (κ3) is 2.49. The van der Waals surface area contributed by atoms with E-state index in [0.717, 1.165) is 23.5 Å². The van der Waals surface area contributed by atoms with Crippen LogP contribution >= 0.6 is 11.6 Å². The third-order valence-electron chi connectivity index (χ3n) is 4.42. The second-order valence-electron chi connectivity index (χ2n) is 5.76. The highest BCUT2D eigenvalue weighted by Crippen LogP contribution is 2.39. The van der Waals surface area contributed by atoms with E-state index in [2.05, 4.69) is 39.6 Å². The van der Waals surface area contributed by atoms with Crippen LogP contribution in [-0.2, 0) is 0 Å². The first-order chi connectivity index (χ1) is 10.5. The summed E-state index contributed by atoms with van der Waals surface area (Å²) < 4.78 is 0. The number of nitrogen functional groups attached to an aromatic ring is 1. The number of hydrogen-bond donors (Lipinski definition) is 4. The molecule has 1 aromatic rings. The zero-order valence-corrected chi connectivity index (χ0v) is 13.5. The van der Waals surface area contributed by atoms with E-state index in [1.807, 2.05) is 0 Å². The van der Waals surface area contributed by atoms with E-state index in [9.17, 15) is 5.11 Å². The molecule has 0 aliphatic carbocycles. The summed E-state index contributed by atoms with van der Waals surface area (Å²) in [4.78, 5) is 10.4. The van der Waals surface area contributed by atoms with Crippen LogP contribution in [0.15, 0.2) is 11.3 Å². The largest absolute Gasteiger partial charge is 0.396 e. The van der Waals surface area contributed by atoms with Gasteiger partial charge in [0.05, 0.1) is 13.2 Å². The van der Waals surface area contributed by atoms with Gasteiger partial charge in [-0.15, -0.1) is 0 Å². The highest BCUT2D eigenvalue weighted by atomic mass is 35.5. The molecule has 7 nitrogen and oxygen atoms in total. The van der Waals surface area contributed by atoms with Crippen LogP contribution in [0.4, 0.5) is 11.8 Å². The van der Waals surface area contributed by atoms with Crippen LogP contribution in [0.1, 0.15) is 31.7 Å². The Hall–Kier alpha value is -1.57. The fraction of sp³-hybridized carbons (Fsp3) is 0.571. The van der Waals surface area contributed by atoms with Gasteiger partial charge in [0.1, 0.15) is 11.0 Å². The molecule has 0 radical (unpaired) electrons. The summed E-state index contributed by atoms with van der Waals surface area (Å²) in [5, 5.41) is 9.94. The average Bonchev–Trinajstić information content (AvgIpc) is 3.01. The normalized spacial score (nSPS) is 23.9. The molecule has 3 heterocycles. The van der Waals surface area contributed by atoms with Crippen molar-refractivity contribution in [2.24, 2.45) is 0 Å². The molecule has 2 atom stereocenters. The van der Waals surface area contributed by atoms with Crippen LogP contribution in [0.3, 0.4) is 0 Å². The molecule has 8 heteroatoms. The van der Waals surface area contributed by atoms with Gasteiger partial charge in [0, 0.05) is 29.8 Å². The molecule has 0 saturated carbocycles. The number of aliphatic hydroxyl groups is 1. The van der Waals surface area contributed by atoms with Crippen LogP contribution in [0.25, 0.3) is 0 Å². The molecule has 5 N–H and O–H groups in total. The second kappa shape index (κ2) is 5.91. The van der Waals surface area contributed by atoms with Gasteiger partial charge < -0.3 is 21.2 Å². The Morgan fingerprint density at radius 2 is 2.23 bits per heavy atom. The average molecular weight is 325 g/mol. The number of nitrogens with two attached hydrogens (primary N) is 1. The van der Waals surface area contributed by atoms with Crippen molar-refractivity contribution in [1.82, 2.24) is 20.8 Å². The van der Waals surface area contributed by atoms with Crippen LogP contribution < -0.4 is 21.5 Å². The predicted octanol–water partition coefficient (Wildman–Crippen LogP) is 0.769. The minimum atomic E-state index is -0.0830. The number of rotatable bonds is 4. The molecule has 1 aromatic heterocycles. The number of nitrogens with one attached hydrogen (secondary N) is 2. The van der Waals surface area contributed by atoms with Gasteiger partial charge in [-0.05, 0) is 18.9 Å². The Morgan fingerprint density at radius 3 is 2.86 bits per heavy atom. The first-order valence-electron chi connectivity index (χ1n) is 7.45. The van der Waals surface area contributed by atoms with Gasteiger partial charge in [-0.3, -0.25) is 0 Å². The molecular formula is C14H21ClN6O. The van der Waals surface area contributed by atoms with Crippen LogP contribution in [-0.4, -0.2) is 40.8 Å². The summed E-state index contributed by atoms with van der Waals surface area (Å²) >= 11 is 6.20. The van der Waals surface area contributed by atoms with E-state index >= 15 is 0 Å². The van der Waals surface area contributed by atoms with E-state index in [1.54, 1.807) is 0 Å². The van der Waals surface area contributed by atoms with Crippen LogP contribution in [0.2, 0.25) is 5.15 Å². The number of aliphatic hydroxyl groups excluding tert-OH is 1. The van der Waals surface area contributed by atoms with E-state index in [0.29, 0.717) is 24.3 Å². The zero-order valence-electron chi connectivity index (χ0n) is 12.7. The minimum Gasteiger partial charge on any atom is -0.396 e. The van der Waals surface area contributed by atoms with Crippen LogP contribution in [0.5, 0.6) is 0 Å². The van der Waals surface area contributed by atoms with Gasteiger partial charge in [0.2, 0.25) is 5.95 Å². The fourth-order valence-corrected chi connectivity index (χ4v) is 3.45. The molecule has 3 rings (SSSR count). The van der Waals surface area contributed by atoms with Crippen molar-refractivity contribution in [3.63, 3.8) is 0 Å². The van der Waals surface area contributed by atoms with Gasteiger partial charge in [-0.2, -0.15) is 4.98 Å². The number of anilines is 2. The molecular weight excluding hydrogens is 304 g/mol. The van der Waals surface area contributed by atoms with Gasteiger partial charge in [-0.1, -0.05) is 18.5 Å². The maximum absolute atomic E-state index is 9.61. The third-order valence-corrected chi connectivity index (χ3v) is 4.71. The second-order valence-corrected chi connectivity index (χ2v) is 6.12. The lowest BCUT2D eigenvalue weighted by atomic mass is 10.1. The topological polar surface area (TPSA) is 99.3 Å². The van der Waals surface area contributed by atoms with Crippen molar-refractivity contribution in [3.8, 4) is 0 Å². The molecule has 0 amide bonds. The maximum Gasteiger partial charge on any atom is 0.223 e. The number of halogens is 1. The Kier molecular flexibility index (Phi) is 4.12. The first kappa shape index (κ1) is 15.3. The number of nitrogens with zero attached hydrogens (tertiary/aromatic N) is 3. The Balaban J connectivity index is 1.90. The Labute approximate surface area is 134 Å². The summed E-state index contributed by atoms with van der Waals surface area (Å²) in [6.07, 6.45) is 1.03. The monoisotopic (exact) mass is 324 g/mol. The lowest BCUT2D eigenvalue weighted by Crippen LogP contribution is -2.35. The van der Waals surface area contributed by atoms with E-state index in [1.165, 1.54) is 5.57 Å². The molecule has 0 saturated heterocycles. The lowest BCUT2D eigenvalue weighted by Gasteiger charge is -2.20. The highest BCUT2D eigenvalue weighted by Gasteiger charge is 2.34. The Morgan fingerprint density at radius 1 is 1.45 bits per heavy atom. The van der Waals surface area contributed by atoms with Crippen molar-refractivity contribution in [2.75, 3.05) is 30.3 Å². The Bertz CT molecular complexity index is 620. The first-order valence-corrected chi connectivity index (χ1v) is 7.82. The molecule has 0 fully saturated rings. The number of aromatic nitrogens is 2. The molecule has 120 valence electrons. The lowest BCUT2D eigenvalue weighted by molar-refractivity contribution is 0.270. The van der Waals surface area contributed by atoms with E-state index in [-0.39, 0.29) is 18.5 Å². The molecule has 0 bridgehead atoms. The van der Waals surface area contributed by atoms with Crippen LogP contribution in [0, 0.1) is 0 Å². The van der Waals surface area contributed by atoms with Crippen molar-refractivity contribution < 1.29 is 5.11 Å². The predicted molar refractivity (Wildman–Crippen MR) is 86.5 cm³/mol.